The number of Topliss-reactive ketones (excluding diaryl/α,β-unsaturated/α-hetero) is 1. The van der Waals surface area contributed by atoms with Crippen molar-refractivity contribution in [2.75, 3.05) is 11.6 Å². The maximum Gasteiger partial charge on any atom is 0.268 e. The lowest BCUT2D eigenvalue weighted by atomic mass is 10.0. The first-order chi connectivity index (χ1) is 15.5. The predicted octanol–water partition coefficient (Wildman–Crippen LogP) is 3.14. The van der Waals surface area contributed by atoms with Gasteiger partial charge in [0.1, 0.15) is 17.8 Å². The predicted molar refractivity (Wildman–Crippen MR) is 126 cm³/mol. The molecule has 0 saturated carbocycles. The third-order valence-electron chi connectivity index (χ3n) is 5.96. The Bertz CT molecular complexity index is 1030. The zero-order valence-corrected chi connectivity index (χ0v) is 19.2. The minimum absolute atomic E-state index is 0.0542. The lowest BCUT2D eigenvalue weighted by Gasteiger charge is -2.30. The number of fused-ring (bicyclic) bond motifs is 1. The first-order valence-electron chi connectivity index (χ1n) is 11.0. The van der Waals surface area contributed by atoms with Crippen molar-refractivity contribution in [1.82, 2.24) is 10.2 Å². The Kier molecular flexibility index (Phi) is 6.69. The highest BCUT2D eigenvalue weighted by atomic mass is 32.1. The van der Waals surface area contributed by atoms with E-state index in [1.807, 2.05) is 42.2 Å². The number of nitrogens with one attached hydrogen (secondary N) is 1. The fourth-order valence-corrected chi connectivity index (χ4v) is 5.12. The number of hydrogen-bond acceptors (Lipinski definition) is 6. The van der Waals surface area contributed by atoms with Crippen LogP contribution in [0.25, 0.3) is 0 Å². The minimum Gasteiger partial charge on any atom is -0.339 e. The molecule has 0 saturated heterocycles. The Morgan fingerprint density at radius 3 is 2.72 bits per heavy atom. The number of rotatable bonds is 7. The Balaban J connectivity index is 1.48. The Labute approximate surface area is 192 Å². The van der Waals surface area contributed by atoms with Gasteiger partial charge < -0.3 is 10.2 Å². The first kappa shape index (κ1) is 22.2. The third kappa shape index (κ3) is 4.60. The maximum absolute atomic E-state index is 13.2. The zero-order valence-electron chi connectivity index (χ0n) is 18.4. The third-order valence-corrected chi connectivity index (χ3v) is 6.99. The number of nitrogens with zero attached hydrogens (tertiary/aromatic N) is 3. The molecule has 4 rings (SSSR count). The van der Waals surface area contributed by atoms with E-state index in [4.69, 9.17) is 0 Å². The maximum atomic E-state index is 13.2. The number of ketones is 1. The molecule has 3 heterocycles. The molecular formula is C24H28N4O3S. The van der Waals surface area contributed by atoms with E-state index in [-0.39, 0.29) is 29.7 Å². The van der Waals surface area contributed by atoms with Gasteiger partial charge >= 0.3 is 0 Å². The summed E-state index contributed by atoms with van der Waals surface area (Å²) in [7, 11) is 0. The summed E-state index contributed by atoms with van der Waals surface area (Å²) >= 11 is 1.73. The summed E-state index contributed by atoms with van der Waals surface area (Å²) in [6.07, 6.45) is 2.41. The van der Waals surface area contributed by atoms with Crippen LogP contribution in [0.4, 0.5) is 5.69 Å². The van der Waals surface area contributed by atoms with E-state index in [1.54, 1.807) is 16.3 Å². The number of anilines is 1. The number of amides is 2. The highest BCUT2D eigenvalue weighted by molar-refractivity contribution is 7.10. The van der Waals surface area contributed by atoms with Crippen LogP contribution in [-0.4, -0.2) is 46.8 Å². The number of para-hydroxylation sites is 1. The van der Waals surface area contributed by atoms with Gasteiger partial charge in [-0.25, -0.2) is 0 Å². The largest absolute Gasteiger partial charge is 0.339 e. The van der Waals surface area contributed by atoms with Gasteiger partial charge in [0.2, 0.25) is 5.91 Å². The lowest BCUT2D eigenvalue weighted by molar-refractivity contribution is -0.136. The molecule has 0 fully saturated rings. The van der Waals surface area contributed by atoms with Gasteiger partial charge in [0, 0.05) is 24.4 Å². The van der Waals surface area contributed by atoms with Crippen molar-refractivity contribution in [3.05, 3.63) is 52.2 Å². The monoisotopic (exact) mass is 452 g/mol. The average molecular weight is 453 g/mol. The van der Waals surface area contributed by atoms with Gasteiger partial charge in [0.25, 0.3) is 5.91 Å². The van der Waals surface area contributed by atoms with E-state index >= 15 is 0 Å². The topological polar surface area (TPSA) is 82.1 Å². The van der Waals surface area contributed by atoms with Crippen LogP contribution in [-0.2, 0) is 27.3 Å². The van der Waals surface area contributed by atoms with Gasteiger partial charge in [-0.1, -0.05) is 31.5 Å². The molecule has 2 unspecified atom stereocenters. The van der Waals surface area contributed by atoms with Crippen LogP contribution in [0.15, 0.2) is 46.9 Å². The second-order valence-electron chi connectivity index (χ2n) is 8.25. The van der Waals surface area contributed by atoms with Crippen LogP contribution in [0.3, 0.4) is 0 Å². The van der Waals surface area contributed by atoms with Crippen molar-refractivity contribution in [2.24, 2.45) is 5.10 Å². The summed E-state index contributed by atoms with van der Waals surface area (Å²) in [5.41, 5.74) is 2.23. The summed E-state index contributed by atoms with van der Waals surface area (Å²) in [5.74, 6) is -0.491. The van der Waals surface area contributed by atoms with Gasteiger partial charge in [-0.05, 0) is 48.9 Å². The first-order valence-corrected chi connectivity index (χ1v) is 11.9. The van der Waals surface area contributed by atoms with E-state index in [9.17, 15) is 14.4 Å². The lowest BCUT2D eigenvalue weighted by Crippen LogP contribution is -2.51. The van der Waals surface area contributed by atoms with E-state index in [0.29, 0.717) is 19.5 Å². The van der Waals surface area contributed by atoms with Crippen molar-refractivity contribution in [1.29, 1.82) is 0 Å². The summed E-state index contributed by atoms with van der Waals surface area (Å²) in [5, 5.41) is 11.0. The molecule has 2 aliphatic rings. The van der Waals surface area contributed by atoms with E-state index in [2.05, 4.69) is 21.9 Å². The normalized spacial score (nSPS) is 18.7. The Morgan fingerprint density at radius 2 is 2.00 bits per heavy atom. The fraction of sp³-hybridized carbons (Fsp3) is 0.417. The molecule has 0 spiro atoms. The second kappa shape index (κ2) is 9.65. The molecule has 0 bridgehead atoms. The number of hydrogen-bond donors (Lipinski definition) is 1. The van der Waals surface area contributed by atoms with Gasteiger partial charge in [0.05, 0.1) is 5.69 Å². The van der Waals surface area contributed by atoms with Gasteiger partial charge in [-0.2, -0.15) is 5.10 Å². The van der Waals surface area contributed by atoms with Crippen molar-refractivity contribution >= 4 is 40.3 Å². The van der Waals surface area contributed by atoms with Crippen LogP contribution in [0.5, 0.6) is 0 Å². The van der Waals surface area contributed by atoms with Gasteiger partial charge in [-0.15, -0.1) is 11.3 Å². The highest BCUT2D eigenvalue weighted by Crippen LogP contribution is 2.26. The van der Waals surface area contributed by atoms with E-state index < -0.39 is 12.1 Å². The van der Waals surface area contributed by atoms with Crippen LogP contribution < -0.4 is 10.3 Å². The van der Waals surface area contributed by atoms with Crippen LogP contribution >= 0.6 is 11.3 Å². The van der Waals surface area contributed by atoms with Gasteiger partial charge in [-0.3, -0.25) is 19.4 Å². The van der Waals surface area contributed by atoms with Crippen molar-refractivity contribution in [2.45, 2.75) is 58.2 Å². The number of carbonyl (C=O) groups is 3. The van der Waals surface area contributed by atoms with Crippen LogP contribution in [0.2, 0.25) is 0 Å². The molecule has 1 aromatic heterocycles. The molecule has 2 amide bonds. The number of thiophene rings is 1. The molecule has 8 heteroatoms. The van der Waals surface area contributed by atoms with Crippen LogP contribution in [0.1, 0.15) is 43.6 Å². The van der Waals surface area contributed by atoms with E-state index in [0.717, 1.165) is 18.5 Å². The van der Waals surface area contributed by atoms with Crippen LogP contribution in [0, 0.1) is 0 Å². The smallest absolute Gasteiger partial charge is 0.268 e. The Morgan fingerprint density at radius 1 is 1.22 bits per heavy atom. The SMILES string of the molecule is CCCC(NC(=O)C1=NN(c2ccccc2)C(C(C)=O)C1)C(=O)N1CCc2sccc2C1. The number of benzene rings is 1. The molecule has 1 N–H and O–H groups in total. The summed E-state index contributed by atoms with van der Waals surface area (Å²) in [6.45, 7) is 4.76. The fourth-order valence-electron chi connectivity index (χ4n) is 4.23. The Hall–Kier alpha value is -3.00. The molecule has 168 valence electrons. The summed E-state index contributed by atoms with van der Waals surface area (Å²) in [6, 6.07) is 10.3. The van der Waals surface area contributed by atoms with Crippen molar-refractivity contribution in [3.63, 3.8) is 0 Å². The van der Waals surface area contributed by atoms with Crippen molar-refractivity contribution in [3.8, 4) is 0 Å². The molecule has 0 radical (unpaired) electrons. The van der Waals surface area contributed by atoms with Gasteiger partial charge in [0.15, 0.2) is 5.78 Å². The molecule has 7 nitrogen and oxygen atoms in total. The highest BCUT2D eigenvalue weighted by Gasteiger charge is 2.36. The molecular weight excluding hydrogens is 424 g/mol. The van der Waals surface area contributed by atoms with E-state index in [1.165, 1.54) is 17.4 Å². The number of carbonyl (C=O) groups excluding carboxylic acids is 3. The molecule has 1 aromatic carbocycles. The standard InChI is InChI=1S/C24H28N4O3S/c1-3-7-19(24(31)27-12-10-22-17(15-27)11-13-32-22)25-23(30)20-14-21(16(2)29)28(26-20)18-8-5-4-6-9-18/h4-6,8-9,11,13,19,21H,3,7,10,12,14-15H2,1-2H3,(H,25,30). The second-order valence-corrected chi connectivity index (χ2v) is 9.25. The molecule has 2 aromatic rings. The summed E-state index contributed by atoms with van der Waals surface area (Å²) in [4.78, 5) is 41.7. The molecule has 0 aliphatic carbocycles. The minimum atomic E-state index is -0.600. The van der Waals surface area contributed by atoms with Crippen molar-refractivity contribution < 1.29 is 14.4 Å². The quantitative estimate of drug-likeness (QED) is 0.700. The average Bonchev–Trinajstić information content (AvgIpc) is 3.46. The molecule has 2 aliphatic heterocycles. The molecule has 32 heavy (non-hydrogen) atoms. The number of hydrazone groups is 1. The summed E-state index contributed by atoms with van der Waals surface area (Å²) < 4.78 is 0. The zero-order chi connectivity index (χ0) is 22.7. The molecule has 2 atom stereocenters.